The molecule has 0 fully saturated rings. The van der Waals surface area contributed by atoms with Gasteiger partial charge in [0.1, 0.15) is 24.8 Å². The molecule has 0 atom stereocenters. The zero-order valence-electron chi connectivity index (χ0n) is 12.5. The summed E-state index contributed by atoms with van der Waals surface area (Å²) in [4.78, 5) is 14.2. The molecule has 0 saturated heterocycles. The highest BCUT2D eigenvalue weighted by Gasteiger charge is 2.26. The van der Waals surface area contributed by atoms with E-state index in [1.54, 1.807) is 24.0 Å². The molecule has 0 unspecified atom stereocenters. The SMILES string of the molecule is CC1=C(C(=O)N2CC=C(c3ccc(F)cc3)CC2)OCCO1. The first-order chi connectivity index (χ1) is 10.6. The first-order valence-electron chi connectivity index (χ1n) is 7.36. The minimum absolute atomic E-state index is 0.133. The largest absolute Gasteiger partial charge is 0.491 e. The number of hydrogen-bond donors (Lipinski definition) is 0. The van der Waals surface area contributed by atoms with E-state index in [1.807, 2.05) is 6.08 Å². The maximum Gasteiger partial charge on any atom is 0.292 e. The van der Waals surface area contributed by atoms with Crippen LogP contribution in [0.3, 0.4) is 0 Å². The van der Waals surface area contributed by atoms with Gasteiger partial charge in [0.25, 0.3) is 5.91 Å². The third-order valence-corrected chi connectivity index (χ3v) is 3.87. The van der Waals surface area contributed by atoms with E-state index in [4.69, 9.17) is 9.47 Å². The Kier molecular flexibility index (Phi) is 4.13. The number of halogens is 1. The van der Waals surface area contributed by atoms with Crippen LogP contribution in [-0.2, 0) is 14.3 Å². The number of allylic oxidation sites excluding steroid dienone is 1. The van der Waals surface area contributed by atoms with E-state index in [2.05, 4.69) is 0 Å². The van der Waals surface area contributed by atoms with E-state index in [-0.39, 0.29) is 11.7 Å². The van der Waals surface area contributed by atoms with Crippen LogP contribution in [0.5, 0.6) is 0 Å². The summed E-state index contributed by atoms with van der Waals surface area (Å²) in [5.41, 5.74) is 2.14. The Morgan fingerprint density at radius 3 is 2.55 bits per heavy atom. The highest BCUT2D eigenvalue weighted by atomic mass is 19.1. The number of nitrogens with zero attached hydrogens (tertiary/aromatic N) is 1. The molecule has 0 saturated carbocycles. The zero-order valence-corrected chi connectivity index (χ0v) is 12.5. The second kappa shape index (κ2) is 6.22. The second-order valence-electron chi connectivity index (χ2n) is 5.32. The van der Waals surface area contributed by atoms with Gasteiger partial charge in [-0.05, 0) is 36.6 Å². The molecule has 1 amide bonds. The van der Waals surface area contributed by atoms with Gasteiger partial charge in [-0.1, -0.05) is 18.2 Å². The molecule has 0 N–H and O–H groups in total. The maximum absolute atomic E-state index is 13.0. The van der Waals surface area contributed by atoms with Crippen molar-refractivity contribution in [3.05, 3.63) is 53.2 Å². The molecule has 0 aromatic heterocycles. The molecule has 0 bridgehead atoms. The normalized spacial score (nSPS) is 18.5. The monoisotopic (exact) mass is 303 g/mol. The van der Waals surface area contributed by atoms with E-state index < -0.39 is 0 Å². The Hall–Kier alpha value is -2.30. The van der Waals surface area contributed by atoms with Gasteiger partial charge in [-0.25, -0.2) is 4.39 Å². The van der Waals surface area contributed by atoms with Crippen LogP contribution in [0, 0.1) is 5.82 Å². The lowest BCUT2D eigenvalue weighted by molar-refractivity contribution is -0.132. The Bertz CT molecular complexity index is 634. The van der Waals surface area contributed by atoms with Gasteiger partial charge in [-0.2, -0.15) is 0 Å². The summed E-state index contributed by atoms with van der Waals surface area (Å²) in [6.07, 6.45) is 2.75. The summed E-state index contributed by atoms with van der Waals surface area (Å²) < 4.78 is 23.8. The van der Waals surface area contributed by atoms with E-state index >= 15 is 0 Å². The minimum Gasteiger partial charge on any atom is -0.491 e. The van der Waals surface area contributed by atoms with Crippen LogP contribution in [0.1, 0.15) is 18.9 Å². The topological polar surface area (TPSA) is 38.8 Å². The molecular weight excluding hydrogens is 285 g/mol. The molecule has 1 aromatic rings. The molecule has 0 aliphatic carbocycles. The van der Waals surface area contributed by atoms with Crippen molar-refractivity contribution in [2.45, 2.75) is 13.3 Å². The Morgan fingerprint density at radius 1 is 1.18 bits per heavy atom. The number of carbonyl (C=O) groups is 1. The smallest absolute Gasteiger partial charge is 0.292 e. The predicted octanol–water partition coefficient (Wildman–Crippen LogP) is 2.72. The molecule has 1 aromatic carbocycles. The Morgan fingerprint density at radius 2 is 1.91 bits per heavy atom. The van der Waals surface area contributed by atoms with Crippen LogP contribution < -0.4 is 0 Å². The van der Waals surface area contributed by atoms with Gasteiger partial charge >= 0.3 is 0 Å². The lowest BCUT2D eigenvalue weighted by Gasteiger charge is -2.29. The summed E-state index contributed by atoms with van der Waals surface area (Å²) in [6.45, 7) is 3.77. The van der Waals surface area contributed by atoms with E-state index in [0.717, 1.165) is 17.6 Å². The second-order valence-corrected chi connectivity index (χ2v) is 5.32. The number of amides is 1. The zero-order chi connectivity index (χ0) is 15.5. The molecule has 0 spiro atoms. The third kappa shape index (κ3) is 2.98. The van der Waals surface area contributed by atoms with Crippen LogP contribution in [0.2, 0.25) is 0 Å². The molecule has 2 heterocycles. The molecule has 4 nitrogen and oxygen atoms in total. The van der Waals surface area contributed by atoms with Crippen LogP contribution in [0.4, 0.5) is 4.39 Å². The molecule has 116 valence electrons. The predicted molar refractivity (Wildman–Crippen MR) is 80.2 cm³/mol. The van der Waals surface area contributed by atoms with Gasteiger partial charge in [0.05, 0.1) is 0 Å². The van der Waals surface area contributed by atoms with Crippen molar-refractivity contribution < 1.29 is 18.7 Å². The fraction of sp³-hybridized carbons (Fsp3) is 0.353. The van der Waals surface area contributed by atoms with E-state index in [0.29, 0.717) is 37.8 Å². The van der Waals surface area contributed by atoms with Crippen LogP contribution >= 0.6 is 0 Å². The van der Waals surface area contributed by atoms with Crippen molar-refractivity contribution in [2.24, 2.45) is 0 Å². The molecule has 22 heavy (non-hydrogen) atoms. The average Bonchev–Trinajstić information content (AvgIpc) is 2.56. The number of hydrogen-bond acceptors (Lipinski definition) is 3. The maximum atomic E-state index is 13.0. The number of carbonyl (C=O) groups excluding carboxylic acids is 1. The fourth-order valence-electron chi connectivity index (χ4n) is 2.64. The van der Waals surface area contributed by atoms with Crippen molar-refractivity contribution in [2.75, 3.05) is 26.3 Å². The van der Waals surface area contributed by atoms with Gasteiger partial charge in [0.2, 0.25) is 5.76 Å². The third-order valence-electron chi connectivity index (χ3n) is 3.87. The van der Waals surface area contributed by atoms with Crippen molar-refractivity contribution in [1.29, 1.82) is 0 Å². The first-order valence-corrected chi connectivity index (χ1v) is 7.36. The quantitative estimate of drug-likeness (QED) is 0.843. The average molecular weight is 303 g/mol. The van der Waals surface area contributed by atoms with E-state index in [9.17, 15) is 9.18 Å². The van der Waals surface area contributed by atoms with Crippen molar-refractivity contribution in [3.63, 3.8) is 0 Å². The van der Waals surface area contributed by atoms with Gasteiger partial charge in [0, 0.05) is 13.1 Å². The number of ether oxygens (including phenoxy) is 2. The standard InChI is InChI=1S/C17H18FNO3/c1-12-16(22-11-10-21-12)17(20)19-8-6-14(7-9-19)13-2-4-15(18)5-3-13/h2-6H,7-11H2,1H3. The molecule has 0 radical (unpaired) electrons. The molecule has 5 heteroatoms. The summed E-state index contributed by atoms with van der Waals surface area (Å²) in [5.74, 6) is 0.481. The first kappa shape index (κ1) is 14.6. The fourth-order valence-corrected chi connectivity index (χ4v) is 2.64. The van der Waals surface area contributed by atoms with Gasteiger partial charge in [-0.15, -0.1) is 0 Å². The highest BCUT2D eigenvalue weighted by Crippen LogP contribution is 2.24. The van der Waals surface area contributed by atoms with Crippen molar-refractivity contribution in [1.82, 2.24) is 4.90 Å². The molecule has 3 rings (SSSR count). The molecule has 2 aliphatic heterocycles. The summed E-state index contributed by atoms with van der Waals surface area (Å²) in [5, 5.41) is 0. The van der Waals surface area contributed by atoms with Gasteiger partial charge in [0.15, 0.2) is 0 Å². The van der Waals surface area contributed by atoms with Crippen molar-refractivity contribution in [3.8, 4) is 0 Å². The number of benzene rings is 1. The van der Waals surface area contributed by atoms with Crippen LogP contribution in [-0.4, -0.2) is 37.1 Å². The lowest BCUT2D eigenvalue weighted by atomic mass is 9.99. The Labute approximate surface area is 128 Å². The van der Waals surface area contributed by atoms with Crippen molar-refractivity contribution >= 4 is 11.5 Å². The van der Waals surface area contributed by atoms with E-state index in [1.165, 1.54) is 12.1 Å². The highest BCUT2D eigenvalue weighted by molar-refractivity contribution is 5.92. The minimum atomic E-state index is -0.242. The lowest BCUT2D eigenvalue weighted by Crippen LogP contribution is -2.37. The summed E-state index contributed by atoms with van der Waals surface area (Å²) >= 11 is 0. The van der Waals surface area contributed by atoms with Crippen LogP contribution in [0.15, 0.2) is 41.9 Å². The number of rotatable bonds is 2. The molecule has 2 aliphatic rings. The van der Waals surface area contributed by atoms with Gasteiger partial charge in [-0.3, -0.25) is 4.79 Å². The van der Waals surface area contributed by atoms with Gasteiger partial charge < -0.3 is 14.4 Å². The summed E-state index contributed by atoms with van der Waals surface area (Å²) in [6, 6.07) is 6.44. The Balaban J connectivity index is 1.70. The van der Waals surface area contributed by atoms with Crippen LogP contribution in [0.25, 0.3) is 5.57 Å². The molecular formula is C17H18FNO3. The summed E-state index contributed by atoms with van der Waals surface area (Å²) in [7, 11) is 0.